The minimum atomic E-state index is -0.204. The third kappa shape index (κ3) is 9.96. The topological polar surface area (TPSA) is 9.23 Å². The first kappa shape index (κ1) is 12.0. The van der Waals surface area contributed by atoms with Gasteiger partial charge in [0.2, 0.25) is 0 Å². The molecule has 0 N–H and O–H groups in total. The number of hydrogen-bond acceptors (Lipinski definition) is 1. The minimum Gasteiger partial charge on any atom is -0.376 e. The molecule has 0 aromatic rings. The Kier molecular flexibility index (Phi) is 6.45. The molecule has 0 atom stereocenters. The van der Waals surface area contributed by atoms with Crippen LogP contribution in [0.25, 0.3) is 0 Å². The van der Waals surface area contributed by atoms with Gasteiger partial charge in [0.15, 0.2) is 0 Å². The summed E-state index contributed by atoms with van der Waals surface area (Å²) in [7, 11) is 0. The van der Waals surface area contributed by atoms with E-state index in [0.717, 1.165) is 6.61 Å². The summed E-state index contributed by atoms with van der Waals surface area (Å²) in [4.78, 5) is 0. The summed E-state index contributed by atoms with van der Waals surface area (Å²) >= 11 is 0. The van der Waals surface area contributed by atoms with Crippen LogP contribution in [0.15, 0.2) is 0 Å². The highest BCUT2D eigenvalue weighted by Crippen LogP contribution is 2.08. The summed E-state index contributed by atoms with van der Waals surface area (Å²) in [6.07, 6.45) is 6.48. The SMILES string of the molecule is [CH2]C(C)(C)OCCCCCCC. The first-order valence-corrected chi connectivity index (χ1v) is 5.05. The van der Waals surface area contributed by atoms with Gasteiger partial charge < -0.3 is 4.74 Å². The molecular formula is C11H23O. The molecule has 0 aliphatic rings. The molecule has 0 amide bonds. The maximum Gasteiger partial charge on any atom is 0.0627 e. The second-order valence-corrected chi connectivity index (χ2v) is 4.02. The Bertz CT molecular complexity index is 91.7. The third-order valence-electron chi connectivity index (χ3n) is 1.74. The van der Waals surface area contributed by atoms with Crippen molar-refractivity contribution in [2.75, 3.05) is 6.61 Å². The van der Waals surface area contributed by atoms with Crippen molar-refractivity contribution < 1.29 is 4.74 Å². The van der Waals surface area contributed by atoms with Crippen molar-refractivity contribution in [3.8, 4) is 0 Å². The van der Waals surface area contributed by atoms with Gasteiger partial charge in [-0.25, -0.2) is 0 Å². The molecule has 0 aromatic carbocycles. The molecular weight excluding hydrogens is 148 g/mol. The van der Waals surface area contributed by atoms with Gasteiger partial charge in [0.1, 0.15) is 0 Å². The molecule has 0 fully saturated rings. The van der Waals surface area contributed by atoms with Crippen LogP contribution >= 0.6 is 0 Å². The van der Waals surface area contributed by atoms with Gasteiger partial charge in [0, 0.05) is 6.61 Å². The van der Waals surface area contributed by atoms with Gasteiger partial charge in [-0.15, -0.1) is 0 Å². The average Bonchev–Trinajstić information content (AvgIpc) is 1.94. The van der Waals surface area contributed by atoms with E-state index >= 15 is 0 Å². The molecule has 0 rings (SSSR count). The number of ether oxygens (including phenoxy) is 1. The quantitative estimate of drug-likeness (QED) is 0.532. The summed E-state index contributed by atoms with van der Waals surface area (Å²) < 4.78 is 5.50. The second-order valence-electron chi connectivity index (χ2n) is 4.02. The molecule has 0 aromatic heterocycles. The Hall–Kier alpha value is -0.0400. The lowest BCUT2D eigenvalue weighted by atomic mass is 10.1. The van der Waals surface area contributed by atoms with Gasteiger partial charge in [-0.3, -0.25) is 0 Å². The molecule has 73 valence electrons. The minimum absolute atomic E-state index is 0.204. The fraction of sp³-hybridized carbons (Fsp3) is 0.909. The van der Waals surface area contributed by atoms with Gasteiger partial charge in [0.05, 0.1) is 5.60 Å². The van der Waals surface area contributed by atoms with E-state index in [0.29, 0.717) is 0 Å². The van der Waals surface area contributed by atoms with Crippen molar-refractivity contribution in [3.05, 3.63) is 6.92 Å². The van der Waals surface area contributed by atoms with Crippen LogP contribution in [0.5, 0.6) is 0 Å². The highest BCUT2D eigenvalue weighted by molar-refractivity contribution is 4.69. The zero-order valence-corrected chi connectivity index (χ0v) is 8.86. The van der Waals surface area contributed by atoms with E-state index in [1.807, 2.05) is 13.8 Å². The zero-order chi connectivity index (χ0) is 9.45. The predicted octanol–water partition coefficient (Wildman–Crippen LogP) is 3.59. The lowest BCUT2D eigenvalue weighted by Crippen LogP contribution is -2.20. The fourth-order valence-corrected chi connectivity index (χ4v) is 1.05. The van der Waals surface area contributed by atoms with Crippen LogP contribution < -0.4 is 0 Å². The molecule has 0 aliphatic carbocycles. The Labute approximate surface area is 77.5 Å². The summed E-state index contributed by atoms with van der Waals surface area (Å²) in [6.45, 7) is 11.0. The average molecular weight is 171 g/mol. The molecule has 0 saturated heterocycles. The summed E-state index contributed by atoms with van der Waals surface area (Å²) in [5.74, 6) is 0. The lowest BCUT2D eigenvalue weighted by Gasteiger charge is -2.18. The fourth-order valence-electron chi connectivity index (χ4n) is 1.05. The predicted molar refractivity (Wildman–Crippen MR) is 54.1 cm³/mol. The molecule has 1 heteroatoms. The molecule has 0 unspecified atom stereocenters. The first-order valence-electron chi connectivity index (χ1n) is 5.05. The van der Waals surface area contributed by atoms with E-state index in [2.05, 4.69) is 13.8 Å². The Morgan fingerprint density at radius 1 is 1.08 bits per heavy atom. The highest BCUT2D eigenvalue weighted by atomic mass is 16.5. The van der Waals surface area contributed by atoms with Crippen molar-refractivity contribution >= 4 is 0 Å². The summed E-state index contributed by atoms with van der Waals surface area (Å²) in [6, 6.07) is 0. The zero-order valence-electron chi connectivity index (χ0n) is 8.86. The molecule has 0 saturated carbocycles. The molecule has 0 aliphatic heterocycles. The molecule has 0 spiro atoms. The Balaban J connectivity index is 3.01. The highest BCUT2D eigenvalue weighted by Gasteiger charge is 2.08. The van der Waals surface area contributed by atoms with E-state index in [-0.39, 0.29) is 5.60 Å². The second kappa shape index (κ2) is 6.47. The van der Waals surface area contributed by atoms with Crippen LogP contribution in [0.1, 0.15) is 52.9 Å². The van der Waals surface area contributed by atoms with E-state index in [4.69, 9.17) is 4.74 Å². The van der Waals surface area contributed by atoms with E-state index in [1.54, 1.807) is 0 Å². The normalized spacial score (nSPS) is 12.0. The maximum atomic E-state index is 5.50. The lowest BCUT2D eigenvalue weighted by molar-refractivity contribution is 0.0152. The van der Waals surface area contributed by atoms with Crippen LogP contribution in [0.2, 0.25) is 0 Å². The van der Waals surface area contributed by atoms with Crippen molar-refractivity contribution in [1.82, 2.24) is 0 Å². The number of hydrogen-bond donors (Lipinski definition) is 0. The molecule has 1 radical (unpaired) electrons. The third-order valence-corrected chi connectivity index (χ3v) is 1.74. The number of rotatable bonds is 7. The molecule has 0 heterocycles. The van der Waals surface area contributed by atoms with Crippen LogP contribution in [-0.4, -0.2) is 12.2 Å². The van der Waals surface area contributed by atoms with Gasteiger partial charge in [-0.2, -0.15) is 0 Å². The van der Waals surface area contributed by atoms with Gasteiger partial charge >= 0.3 is 0 Å². The van der Waals surface area contributed by atoms with Crippen molar-refractivity contribution in [2.24, 2.45) is 0 Å². The van der Waals surface area contributed by atoms with E-state index in [1.165, 1.54) is 32.1 Å². The summed E-state index contributed by atoms with van der Waals surface area (Å²) in [5, 5.41) is 0. The van der Waals surface area contributed by atoms with Gasteiger partial charge in [-0.05, 0) is 27.2 Å². The Morgan fingerprint density at radius 3 is 2.17 bits per heavy atom. The van der Waals surface area contributed by atoms with Crippen molar-refractivity contribution in [1.29, 1.82) is 0 Å². The van der Waals surface area contributed by atoms with Crippen LogP contribution in [0, 0.1) is 6.92 Å². The summed E-state index contributed by atoms with van der Waals surface area (Å²) in [5.41, 5.74) is -0.204. The Morgan fingerprint density at radius 2 is 1.67 bits per heavy atom. The maximum absolute atomic E-state index is 5.50. The molecule has 1 nitrogen and oxygen atoms in total. The smallest absolute Gasteiger partial charge is 0.0627 e. The standard InChI is InChI=1S/C11H23O/c1-5-6-7-8-9-10-12-11(2,3)4/h2,5-10H2,1,3-4H3. The van der Waals surface area contributed by atoms with Gasteiger partial charge in [0.25, 0.3) is 0 Å². The van der Waals surface area contributed by atoms with Crippen molar-refractivity contribution in [2.45, 2.75) is 58.5 Å². The van der Waals surface area contributed by atoms with E-state index < -0.39 is 0 Å². The van der Waals surface area contributed by atoms with Crippen LogP contribution in [0.3, 0.4) is 0 Å². The molecule has 0 bridgehead atoms. The van der Waals surface area contributed by atoms with Gasteiger partial charge in [-0.1, -0.05) is 32.6 Å². The van der Waals surface area contributed by atoms with Crippen molar-refractivity contribution in [3.63, 3.8) is 0 Å². The number of unbranched alkanes of at least 4 members (excludes halogenated alkanes) is 4. The first-order chi connectivity index (χ1) is 5.56. The van der Waals surface area contributed by atoms with Crippen LogP contribution in [0.4, 0.5) is 0 Å². The van der Waals surface area contributed by atoms with Crippen LogP contribution in [-0.2, 0) is 4.74 Å². The largest absolute Gasteiger partial charge is 0.376 e. The van der Waals surface area contributed by atoms with E-state index in [9.17, 15) is 0 Å². The molecule has 12 heavy (non-hydrogen) atoms. The monoisotopic (exact) mass is 171 g/mol.